The smallest absolute Gasteiger partial charge is 0.303 e. The van der Waals surface area contributed by atoms with Gasteiger partial charge in [0.2, 0.25) is 0 Å². The van der Waals surface area contributed by atoms with Gasteiger partial charge in [0.15, 0.2) is 0 Å². The monoisotopic (exact) mass is 238 g/mol. The summed E-state index contributed by atoms with van der Waals surface area (Å²) < 4.78 is 61.8. The molecule has 0 saturated carbocycles. The van der Waals surface area contributed by atoms with Crippen molar-refractivity contribution < 1.29 is 26.7 Å². The van der Waals surface area contributed by atoms with Crippen LogP contribution in [0.2, 0.25) is 0 Å². The number of aldehydes is 1. The third-order valence-electron chi connectivity index (χ3n) is 1.96. The van der Waals surface area contributed by atoms with E-state index in [2.05, 4.69) is 0 Å². The summed E-state index contributed by atoms with van der Waals surface area (Å²) in [4.78, 5) is 10.1. The standard InChI is InChI=1S/C10H7F5O/c11-9(12,10(13,14)15)8-3-1-2-7(6-8)4-5-16/h1-3,5-6H,4H2. The lowest BCUT2D eigenvalue weighted by Crippen LogP contribution is -2.33. The first-order valence-corrected chi connectivity index (χ1v) is 4.26. The average molecular weight is 238 g/mol. The number of hydrogen-bond acceptors (Lipinski definition) is 1. The Labute approximate surface area is 87.9 Å². The van der Waals surface area contributed by atoms with Crippen LogP contribution in [-0.2, 0) is 17.1 Å². The van der Waals surface area contributed by atoms with Gasteiger partial charge in [0.1, 0.15) is 6.29 Å². The van der Waals surface area contributed by atoms with Gasteiger partial charge in [-0.05, 0) is 11.6 Å². The quantitative estimate of drug-likeness (QED) is 0.584. The summed E-state index contributed by atoms with van der Waals surface area (Å²) in [7, 11) is 0. The zero-order valence-electron chi connectivity index (χ0n) is 7.89. The predicted molar refractivity (Wildman–Crippen MR) is 46.2 cm³/mol. The van der Waals surface area contributed by atoms with Crippen LogP contribution in [0.25, 0.3) is 0 Å². The van der Waals surface area contributed by atoms with Crippen LogP contribution in [0.1, 0.15) is 11.1 Å². The van der Waals surface area contributed by atoms with E-state index in [0.29, 0.717) is 18.4 Å². The lowest BCUT2D eigenvalue weighted by Gasteiger charge is -2.20. The highest BCUT2D eigenvalue weighted by Crippen LogP contribution is 2.43. The van der Waals surface area contributed by atoms with Crippen molar-refractivity contribution in [1.29, 1.82) is 0 Å². The molecule has 6 heteroatoms. The Morgan fingerprint density at radius 2 is 1.75 bits per heavy atom. The third-order valence-corrected chi connectivity index (χ3v) is 1.96. The molecule has 0 fully saturated rings. The molecule has 0 aliphatic rings. The molecule has 1 aromatic carbocycles. The fourth-order valence-corrected chi connectivity index (χ4v) is 1.15. The fourth-order valence-electron chi connectivity index (χ4n) is 1.15. The molecule has 0 saturated heterocycles. The highest BCUT2D eigenvalue weighted by atomic mass is 19.4. The normalized spacial score (nSPS) is 12.6. The highest BCUT2D eigenvalue weighted by molar-refractivity contribution is 5.55. The van der Waals surface area contributed by atoms with Crippen molar-refractivity contribution in [1.82, 2.24) is 0 Å². The molecule has 0 amide bonds. The SMILES string of the molecule is O=CCc1cccc(C(F)(F)C(F)(F)F)c1. The van der Waals surface area contributed by atoms with Gasteiger partial charge < -0.3 is 4.79 Å². The van der Waals surface area contributed by atoms with Gasteiger partial charge in [0.25, 0.3) is 0 Å². The summed E-state index contributed by atoms with van der Waals surface area (Å²) in [5, 5.41) is 0. The number of benzene rings is 1. The third kappa shape index (κ3) is 2.37. The first-order valence-electron chi connectivity index (χ1n) is 4.26. The molecule has 0 aliphatic heterocycles. The lowest BCUT2D eigenvalue weighted by molar-refractivity contribution is -0.289. The minimum atomic E-state index is -5.63. The highest BCUT2D eigenvalue weighted by Gasteiger charge is 2.58. The molecule has 0 aromatic heterocycles. The molecule has 0 radical (unpaired) electrons. The average Bonchev–Trinajstić information content (AvgIpc) is 2.17. The molecule has 0 bridgehead atoms. The maximum absolute atomic E-state index is 12.9. The Morgan fingerprint density at radius 3 is 2.25 bits per heavy atom. The number of halogens is 5. The van der Waals surface area contributed by atoms with Crippen LogP contribution in [0.15, 0.2) is 24.3 Å². The molecular formula is C10H7F5O. The molecule has 88 valence electrons. The summed E-state index contributed by atoms with van der Waals surface area (Å²) >= 11 is 0. The number of carbonyl (C=O) groups excluding carboxylic acids is 1. The van der Waals surface area contributed by atoms with Crippen LogP contribution in [0.4, 0.5) is 22.0 Å². The number of alkyl halides is 5. The second-order valence-electron chi connectivity index (χ2n) is 3.14. The number of carbonyl (C=O) groups is 1. The summed E-state index contributed by atoms with van der Waals surface area (Å²) in [5.41, 5.74) is -1.03. The summed E-state index contributed by atoms with van der Waals surface area (Å²) in [6, 6.07) is 3.74. The van der Waals surface area contributed by atoms with E-state index in [9.17, 15) is 26.7 Å². The van der Waals surface area contributed by atoms with E-state index in [1.807, 2.05) is 0 Å². The van der Waals surface area contributed by atoms with Crippen molar-refractivity contribution >= 4 is 6.29 Å². The Hall–Kier alpha value is -1.46. The van der Waals surface area contributed by atoms with Gasteiger partial charge in [-0.3, -0.25) is 0 Å². The predicted octanol–water partition coefficient (Wildman–Crippen LogP) is 3.08. The molecular weight excluding hydrogens is 231 g/mol. The molecule has 1 aromatic rings. The molecule has 0 N–H and O–H groups in total. The van der Waals surface area contributed by atoms with Gasteiger partial charge in [0, 0.05) is 12.0 Å². The second kappa shape index (κ2) is 4.19. The number of rotatable bonds is 3. The van der Waals surface area contributed by atoms with E-state index in [1.165, 1.54) is 6.07 Å². The second-order valence-corrected chi connectivity index (χ2v) is 3.14. The maximum atomic E-state index is 12.9. The molecule has 0 spiro atoms. The molecule has 16 heavy (non-hydrogen) atoms. The summed E-state index contributed by atoms with van der Waals surface area (Å²) in [6.45, 7) is 0. The molecule has 1 nitrogen and oxygen atoms in total. The van der Waals surface area contributed by atoms with Gasteiger partial charge in [-0.2, -0.15) is 22.0 Å². The van der Waals surface area contributed by atoms with Crippen molar-refractivity contribution in [3.05, 3.63) is 35.4 Å². The van der Waals surface area contributed by atoms with Crippen molar-refractivity contribution in [2.75, 3.05) is 0 Å². The summed E-state index contributed by atoms with van der Waals surface area (Å²) in [6.07, 6.45) is -5.39. The molecule has 0 heterocycles. The van der Waals surface area contributed by atoms with Crippen LogP contribution in [0, 0.1) is 0 Å². The van der Waals surface area contributed by atoms with Crippen molar-refractivity contribution in [3.63, 3.8) is 0 Å². The largest absolute Gasteiger partial charge is 0.458 e. The van der Waals surface area contributed by atoms with Gasteiger partial charge in [-0.25, -0.2) is 0 Å². The van der Waals surface area contributed by atoms with E-state index in [1.54, 1.807) is 0 Å². The Kier molecular flexibility index (Phi) is 3.30. The fraction of sp³-hybridized carbons (Fsp3) is 0.300. The first-order chi connectivity index (χ1) is 7.29. The van der Waals surface area contributed by atoms with E-state index in [0.717, 1.165) is 6.07 Å². The molecule has 0 atom stereocenters. The van der Waals surface area contributed by atoms with Crippen LogP contribution in [0.3, 0.4) is 0 Å². The molecule has 1 rings (SSSR count). The molecule has 0 unspecified atom stereocenters. The van der Waals surface area contributed by atoms with Crippen LogP contribution >= 0.6 is 0 Å². The van der Waals surface area contributed by atoms with E-state index in [4.69, 9.17) is 0 Å². The van der Waals surface area contributed by atoms with E-state index in [-0.39, 0.29) is 12.0 Å². The Bertz CT molecular complexity index is 383. The minimum absolute atomic E-state index is 0.122. The van der Waals surface area contributed by atoms with Gasteiger partial charge in [-0.15, -0.1) is 0 Å². The summed E-state index contributed by atoms with van der Waals surface area (Å²) in [5.74, 6) is -4.90. The van der Waals surface area contributed by atoms with Crippen molar-refractivity contribution in [2.45, 2.75) is 18.5 Å². The molecule has 0 aliphatic carbocycles. The van der Waals surface area contributed by atoms with Crippen LogP contribution < -0.4 is 0 Å². The van der Waals surface area contributed by atoms with Crippen LogP contribution in [-0.4, -0.2) is 12.5 Å². The van der Waals surface area contributed by atoms with Crippen molar-refractivity contribution in [3.8, 4) is 0 Å². The zero-order chi connectivity index (χ0) is 12.4. The van der Waals surface area contributed by atoms with Gasteiger partial charge in [0.05, 0.1) is 0 Å². The Morgan fingerprint density at radius 1 is 1.12 bits per heavy atom. The van der Waals surface area contributed by atoms with E-state index < -0.39 is 17.7 Å². The Balaban J connectivity index is 3.13. The van der Waals surface area contributed by atoms with Crippen molar-refractivity contribution in [2.24, 2.45) is 0 Å². The van der Waals surface area contributed by atoms with Crippen LogP contribution in [0.5, 0.6) is 0 Å². The number of hydrogen-bond donors (Lipinski definition) is 0. The zero-order valence-corrected chi connectivity index (χ0v) is 7.89. The first kappa shape index (κ1) is 12.6. The maximum Gasteiger partial charge on any atom is 0.458 e. The van der Waals surface area contributed by atoms with E-state index >= 15 is 0 Å². The minimum Gasteiger partial charge on any atom is -0.303 e. The lowest BCUT2D eigenvalue weighted by atomic mass is 10.0. The topological polar surface area (TPSA) is 17.1 Å². The van der Waals surface area contributed by atoms with Gasteiger partial charge >= 0.3 is 12.1 Å². The van der Waals surface area contributed by atoms with Gasteiger partial charge in [-0.1, -0.05) is 18.2 Å².